The maximum Gasteiger partial charge on any atom is 0.0417 e. The van der Waals surface area contributed by atoms with Crippen LogP contribution in [0.2, 0.25) is 5.02 Å². The Kier molecular flexibility index (Phi) is 3.92. The van der Waals surface area contributed by atoms with Gasteiger partial charge in [-0.1, -0.05) is 17.7 Å². The van der Waals surface area contributed by atoms with Gasteiger partial charge in [0.05, 0.1) is 0 Å². The number of hydrogen-bond donors (Lipinski definition) is 2. The van der Waals surface area contributed by atoms with Gasteiger partial charge in [0.2, 0.25) is 0 Å². The first-order valence-corrected chi connectivity index (χ1v) is 5.99. The minimum absolute atomic E-state index is 0.754. The second-order valence-electron chi connectivity index (χ2n) is 3.80. The maximum absolute atomic E-state index is 5.89. The van der Waals surface area contributed by atoms with Gasteiger partial charge in [0.15, 0.2) is 0 Å². The van der Waals surface area contributed by atoms with Gasteiger partial charge in [-0.05, 0) is 17.7 Å². The van der Waals surface area contributed by atoms with Crippen molar-refractivity contribution in [3.63, 3.8) is 0 Å². The molecule has 0 aliphatic carbocycles. The first kappa shape index (κ1) is 11.3. The zero-order chi connectivity index (χ0) is 10.7. The second-order valence-corrected chi connectivity index (χ2v) is 4.72. The van der Waals surface area contributed by atoms with Crippen LogP contribution in [0, 0.1) is 0 Å². The number of nitrogens with zero attached hydrogens (tertiary/aromatic N) is 1. The minimum atomic E-state index is 0.754. The Labute approximate surface area is 101 Å². The molecule has 15 heavy (non-hydrogen) atoms. The highest BCUT2D eigenvalue weighted by atomic mass is 35.5. The van der Waals surface area contributed by atoms with Crippen LogP contribution in [0.1, 0.15) is 5.56 Å². The topological polar surface area (TPSA) is 15.3 Å². The van der Waals surface area contributed by atoms with Gasteiger partial charge in [-0.3, -0.25) is 4.90 Å². The summed E-state index contributed by atoms with van der Waals surface area (Å²) in [4.78, 5) is 3.42. The SMILES string of the molecule is Sc1cc(Cl)ccc1CN1CCNCC1. The monoisotopic (exact) mass is 242 g/mol. The van der Waals surface area contributed by atoms with E-state index in [0.717, 1.165) is 42.6 Å². The molecule has 82 valence electrons. The molecule has 1 aromatic carbocycles. The smallest absolute Gasteiger partial charge is 0.0417 e. The molecule has 1 saturated heterocycles. The summed E-state index contributed by atoms with van der Waals surface area (Å²) in [5.74, 6) is 0. The molecule has 2 nitrogen and oxygen atoms in total. The van der Waals surface area contributed by atoms with Crippen LogP contribution in [0.3, 0.4) is 0 Å². The molecular weight excluding hydrogens is 228 g/mol. The Morgan fingerprint density at radius 3 is 2.73 bits per heavy atom. The van der Waals surface area contributed by atoms with Crippen LogP contribution < -0.4 is 5.32 Å². The Balaban J connectivity index is 2.03. The van der Waals surface area contributed by atoms with Crippen molar-refractivity contribution in [1.29, 1.82) is 0 Å². The second kappa shape index (κ2) is 5.21. The van der Waals surface area contributed by atoms with E-state index in [1.165, 1.54) is 5.56 Å². The summed E-state index contributed by atoms with van der Waals surface area (Å²) in [6.45, 7) is 5.34. The van der Waals surface area contributed by atoms with Gasteiger partial charge >= 0.3 is 0 Å². The van der Waals surface area contributed by atoms with E-state index in [-0.39, 0.29) is 0 Å². The van der Waals surface area contributed by atoms with Gasteiger partial charge in [-0.15, -0.1) is 12.6 Å². The zero-order valence-electron chi connectivity index (χ0n) is 8.54. The first-order chi connectivity index (χ1) is 7.25. The summed E-state index contributed by atoms with van der Waals surface area (Å²) in [6.07, 6.45) is 0. The van der Waals surface area contributed by atoms with Crippen molar-refractivity contribution >= 4 is 24.2 Å². The zero-order valence-corrected chi connectivity index (χ0v) is 10.2. The summed E-state index contributed by atoms with van der Waals surface area (Å²) in [7, 11) is 0. The molecule has 0 radical (unpaired) electrons. The van der Waals surface area contributed by atoms with E-state index in [4.69, 9.17) is 11.6 Å². The molecule has 4 heteroatoms. The van der Waals surface area contributed by atoms with Crippen molar-refractivity contribution in [2.75, 3.05) is 26.2 Å². The van der Waals surface area contributed by atoms with E-state index in [1.54, 1.807) is 0 Å². The van der Waals surface area contributed by atoms with Gasteiger partial charge in [0.1, 0.15) is 0 Å². The molecule has 1 aromatic rings. The van der Waals surface area contributed by atoms with E-state index in [1.807, 2.05) is 12.1 Å². The Hall–Kier alpha value is -0.220. The van der Waals surface area contributed by atoms with Crippen LogP contribution in [0.15, 0.2) is 23.1 Å². The third-order valence-corrected chi connectivity index (χ3v) is 3.30. The quantitative estimate of drug-likeness (QED) is 0.772. The van der Waals surface area contributed by atoms with Crippen molar-refractivity contribution in [3.05, 3.63) is 28.8 Å². The molecule has 0 aromatic heterocycles. The molecule has 0 atom stereocenters. The largest absolute Gasteiger partial charge is 0.314 e. The van der Waals surface area contributed by atoms with Gasteiger partial charge in [0.25, 0.3) is 0 Å². The van der Waals surface area contributed by atoms with E-state index >= 15 is 0 Å². The van der Waals surface area contributed by atoms with Crippen LogP contribution in [0.4, 0.5) is 0 Å². The summed E-state index contributed by atoms with van der Waals surface area (Å²) < 4.78 is 0. The predicted molar refractivity (Wildman–Crippen MR) is 66.9 cm³/mol. The van der Waals surface area contributed by atoms with Crippen molar-refractivity contribution in [2.24, 2.45) is 0 Å². The molecule has 1 fully saturated rings. The maximum atomic E-state index is 5.89. The molecule has 0 amide bonds. The average Bonchev–Trinajstić information content (AvgIpc) is 2.24. The average molecular weight is 243 g/mol. The number of nitrogens with one attached hydrogen (secondary N) is 1. The Morgan fingerprint density at radius 1 is 1.33 bits per heavy atom. The van der Waals surface area contributed by atoms with Gasteiger partial charge in [0, 0.05) is 42.6 Å². The third-order valence-electron chi connectivity index (χ3n) is 2.65. The number of rotatable bonds is 2. The van der Waals surface area contributed by atoms with Gasteiger partial charge in [-0.2, -0.15) is 0 Å². The lowest BCUT2D eigenvalue weighted by molar-refractivity contribution is 0.232. The number of thiol groups is 1. The summed E-state index contributed by atoms with van der Waals surface area (Å²) in [6, 6.07) is 5.90. The van der Waals surface area contributed by atoms with Crippen LogP contribution in [-0.2, 0) is 6.54 Å². The molecular formula is C11H15ClN2S. The van der Waals surface area contributed by atoms with Crippen LogP contribution >= 0.6 is 24.2 Å². The molecule has 1 aliphatic rings. The fourth-order valence-corrected chi connectivity index (χ4v) is 2.31. The minimum Gasteiger partial charge on any atom is -0.314 e. The Bertz CT molecular complexity index is 337. The van der Waals surface area contributed by atoms with Gasteiger partial charge in [-0.25, -0.2) is 0 Å². The number of hydrogen-bond acceptors (Lipinski definition) is 3. The van der Waals surface area contributed by atoms with Crippen molar-refractivity contribution in [3.8, 4) is 0 Å². The van der Waals surface area contributed by atoms with Gasteiger partial charge < -0.3 is 5.32 Å². The number of benzene rings is 1. The standard InChI is InChI=1S/C11H15ClN2S/c12-10-2-1-9(11(15)7-10)8-14-5-3-13-4-6-14/h1-2,7,13,15H,3-6,8H2. The van der Waals surface area contributed by atoms with E-state index < -0.39 is 0 Å². The predicted octanol–water partition coefficient (Wildman–Crippen LogP) is 2.03. The fourth-order valence-electron chi connectivity index (χ4n) is 1.78. The van der Waals surface area contributed by atoms with E-state index in [9.17, 15) is 0 Å². The summed E-state index contributed by atoms with van der Waals surface area (Å²) in [5.41, 5.74) is 1.25. The molecule has 0 spiro atoms. The highest BCUT2D eigenvalue weighted by Crippen LogP contribution is 2.20. The molecule has 1 N–H and O–H groups in total. The lowest BCUT2D eigenvalue weighted by atomic mass is 10.2. The third kappa shape index (κ3) is 3.11. The summed E-state index contributed by atoms with van der Waals surface area (Å²) >= 11 is 10.3. The first-order valence-electron chi connectivity index (χ1n) is 5.16. The Morgan fingerprint density at radius 2 is 2.07 bits per heavy atom. The van der Waals surface area contributed by atoms with Crippen molar-refractivity contribution in [1.82, 2.24) is 10.2 Å². The van der Waals surface area contributed by atoms with Crippen LogP contribution in [0.25, 0.3) is 0 Å². The van der Waals surface area contributed by atoms with Crippen molar-refractivity contribution in [2.45, 2.75) is 11.4 Å². The molecule has 2 rings (SSSR count). The molecule has 0 unspecified atom stereocenters. The molecule has 0 bridgehead atoms. The number of piperazine rings is 1. The number of halogens is 1. The molecule has 1 aliphatic heterocycles. The summed E-state index contributed by atoms with van der Waals surface area (Å²) in [5, 5.41) is 4.10. The van der Waals surface area contributed by atoms with E-state index in [2.05, 4.69) is 28.9 Å². The molecule has 0 saturated carbocycles. The van der Waals surface area contributed by atoms with Crippen LogP contribution in [0.5, 0.6) is 0 Å². The molecule has 1 heterocycles. The fraction of sp³-hybridized carbons (Fsp3) is 0.455. The lowest BCUT2D eigenvalue weighted by Crippen LogP contribution is -2.42. The highest BCUT2D eigenvalue weighted by Gasteiger charge is 2.11. The highest BCUT2D eigenvalue weighted by molar-refractivity contribution is 7.80. The van der Waals surface area contributed by atoms with Crippen LogP contribution in [-0.4, -0.2) is 31.1 Å². The lowest BCUT2D eigenvalue weighted by Gasteiger charge is -2.27. The van der Waals surface area contributed by atoms with Crippen molar-refractivity contribution < 1.29 is 0 Å². The normalized spacial score (nSPS) is 18.0. The van der Waals surface area contributed by atoms with E-state index in [0.29, 0.717) is 0 Å².